The van der Waals surface area contributed by atoms with Crippen LogP contribution in [0.4, 0.5) is 5.69 Å². The Morgan fingerprint density at radius 3 is 1.33 bits per heavy atom. The molecule has 0 atom stereocenters. The number of nitrogens with zero attached hydrogens (tertiary/aromatic N) is 2. The van der Waals surface area contributed by atoms with Crippen LogP contribution in [0.25, 0.3) is 137 Å². The van der Waals surface area contributed by atoms with Crippen molar-refractivity contribution in [1.29, 1.82) is 0 Å². The van der Waals surface area contributed by atoms with Crippen molar-refractivity contribution < 1.29 is 59.6 Å². The number of methoxy groups -OCH3 is 1. The molecule has 0 saturated carbocycles. The first-order valence-electron chi connectivity index (χ1n) is 28.6. The Hall–Kier alpha value is -9.35. The molecule has 17 rings (SSSR count). The molecule has 0 spiro atoms. The number of fused-ring (bicyclic) bond motifs is 13. The van der Waals surface area contributed by atoms with Crippen molar-refractivity contribution in [2.24, 2.45) is 0 Å². The van der Waals surface area contributed by atoms with E-state index in [0.717, 1.165) is 64.5 Å². The second-order valence-electron chi connectivity index (χ2n) is 21.5. The molecular formula is C75H53Be3N5O5S4Zn+6. The van der Waals surface area contributed by atoms with E-state index in [0.29, 0.717) is 11.3 Å². The number of phenolic OH excluding ortho intramolecular Hbond substituents is 1. The number of rotatable bonds is 6. The summed E-state index contributed by atoms with van der Waals surface area (Å²) in [5, 5.41) is 62.5. The standard InChI is InChI=1S/C21H13NOS.C19H16N2OS.C18H13NO2S.C17H11NOS.3Be.Zn/c23-19-8-4-3-7-16(19)21-22-18-10-9-15-11-13-5-1-2-6-14(13)12-17(15)20(18)24-21;1-21(2)13-8-9-15(17(22)11-13)19-20-16-10-7-12-5-3-4-6-14(12)18(16)23-19;1-21-12-7-8-14(16(20)10-12)18-19-15-9-6-11-4-2-3-5-13(11)17(15)22-18;19-15-8-4-3-7-13(15)17-18-14-10-9-11-5-1-2-6-12(11)16(14)20-17;;;;/h1-12,23H;3-11,22H,1-2H3;2-10,20H,1H3;1-10,19H;;;;/q;;;;3*+2;. The molecule has 10 nitrogen and oxygen atoms in total. The topological polar surface area (TPSA) is 157 Å². The molecule has 4 aromatic heterocycles. The van der Waals surface area contributed by atoms with E-state index < -0.39 is 0 Å². The van der Waals surface area contributed by atoms with E-state index in [1.807, 2.05) is 116 Å². The smallest absolute Gasteiger partial charge is 0.872 e. The van der Waals surface area contributed by atoms with E-state index in [1.54, 1.807) is 76.7 Å². The van der Waals surface area contributed by atoms with Crippen molar-refractivity contribution in [2.75, 3.05) is 26.1 Å². The number of para-hydroxylation sites is 2. The number of benzene rings is 13. The van der Waals surface area contributed by atoms with Gasteiger partial charge < -0.3 is 30.1 Å². The molecule has 0 aliphatic rings. The van der Waals surface area contributed by atoms with E-state index in [9.17, 15) is 20.4 Å². The third-order valence-electron chi connectivity index (χ3n) is 15.7. The zero-order valence-corrected chi connectivity index (χ0v) is 57.3. The summed E-state index contributed by atoms with van der Waals surface area (Å²) in [5.74, 6) is 0.918. The van der Waals surface area contributed by atoms with Crippen LogP contribution in [0.5, 0.6) is 28.7 Å². The normalized spacial score (nSPS) is 10.8. The van der Waals surface area contributed by atoms with Crippen molar-refractivity contribution in [1.82, 2.24) is 4.98 Å². The van der Waals surface area contributed by atoms with E-state index in [-0.39, 0.29) is 72.8 Å². The van der Waals surface area contributed by atoms with Gasteiger partial charge >= 0.3 is 30.4 Å². The second-order valence-corrected chi connectivity index (χ2v) is 25.5. The maximum Gasteiger partial charge on any atom is 2.00 e. The summed E-state index contributed by atoms with van der Waals surface area (Å²) in [4.78, 5) is 16.8. The summed E-state index contributed by atoms with van der Waals surface area (Å²) in [6.45, 7) is 0. The Morgan fingerprint density at radius 2 is 0.817 bits per heavy atom. The number of aromatic amines is 3. The minimum atomic E-state index is -0.0357. The molecule has 4 N–H and O–H groups in total. The van der Waals surface area contributed by atoms with E-state index in [2.05, 4.69) is 135 Å². The van der Waals surface area contributed by atoms with Gasteiger partial charge in [-0.2, -0.15) is 15.0 Å². The van der Waals surface area contributed by atoms with Crippen LogP contribution in [-0.4, -0.2) is 61.7 Å². The van der Waals surface area contributed by atoms with E-state index in [1.165, 1.54) is 78.7 Å². The number of hydrogen-bond donors (Lipinski definition) is 1. The van der Waals surface area contributed by atoms with Crippen LogP contribution in [0.15, 0.2) is 243 Å². The first-order valence-corrected chi connectivity index (χ1v) is 31.9. The summed E-state index contributed by atoms with van der Waals surface area (Å²) >= 11 is 6.52. The van der Waals surface area contributed by atoms with Crippen LogP contribution in [0.1, 0.15) is 0 Å². The first kappa shape index (κ1) is 66.6. The second kappa shape index (κ2) is 28.7. The summed E-state index contributed by atoms with van der Waals surface area (Å²) in [7, 11) is 5.43. The monoisotopic (exact) mass is 1320 g/mol. The summed E-state index contributed by atoms with van der Waals surface area (Å²) in [5.41, 5.74) is 8.00. The number of nitrogens with one attached hydrogen (secondary N) is 3. The molecule has 434 valence electrons. The van der Waals surface area contributed by atoms with E-state index >= 15 is 0 Å². The van der Waals surface area contributed by atoms with E-state index in [4.69, 9.17) is 4.74 Å². The van der Waals surface area contributed by atoms with Gasteiger partial charge in [-0.25, -0.2) is 4.98 Å². The van der Waals surface area contributed by atoms with Crippen LogP contribution >= 0.6 is 45.3 Å². The molecular weight excluding hydrogens is 1270 g/mol. The number of aromatic nitrogens is 4. The van der Waals surface area contributed by atoms with Gasteiger partial charge in [-0.1, -0.05) is 185 Å². The molecule has 0 amide bonds. The van der Waals surface area contributed by atoms with Gasteiger partial charge in [-0.05, 0) is 123 Å². The molecule has 0 aliphatic heterocycles. The Bertz CT molecular complexity index is 5550. The van der Waals surface area contributed by atoms with Crippen molar-refractivity contribution >= 4 is 176 Å². The van der Waals surface area contributed by atoms with Gasteiger partial charge in [0.15, 0.2) is 0 Å². The third kappa shape index (κ3) is 13.4. The van der Waals surface area contributed by atoms with Crippen LogP contribution in [0, 0.1) is 0 Å². The number of anilines is 1. The summed E-state index contributed by atoms with van der Waals surface area (Å²) in [6, 6.07) is 79.7. The predicted octanol–water partition coefficient (Wildman–Crippen LogP) is 15.7. The molecule has 13 aromatic carbocycles. The number of phenols is 1. The number of hydrogen-bond acceptors (Lipinski definition) is 11. The van der Waals surface area contributed by atoms with Crippen molar-refractivity contribution in [3.8, 4) is 71.0 Å². The average Bonchev–Trinajstić information content (AvgIpc) is 1.71. The number of ether oxygens (including phenoxy) is 1. The molecule has 0 bridgehead atoms. The van der Waals surface area contributed by atoms with Gasteiger partial charge in [0.05, 0.1) is 22.9 Å². The maximum atomic E-state index is 12.4. The Kier molecular flexibility index (Phi) is 20.5. The minimum absolute atomic E-state index is 0. The number of H-pyrrole nitrogens is 3. The average molecular weight is 1320 g/mol. The van der Waals surface area contributed by atoms with Crippen LogP contribution in [0.3, 0.4) is 0 Å². The molecule has 0 radical (unpaired) electrons. The van der Waals surface area contributed by atoms with Gasteiger partial charge in [0.1, 0.15) is 30.6 Å². The summed E-state index contributed by atoms with van der Waals surface area (Å²) < 4.78 is 9.81. The molecule has 17 aromatic rings. The molecule has 0 aliphatic carbocycles. The largest absolute Gasteiger partial charge is 2.00 e. The SMILES string of the molecule is CN(C)c1ccc(-c2[nH+]c3ccc4ccccc4c3s2)c([O-])c1.COc1ccc(-c2[nH+]c3ccc4ccccc4c3s2)c([O-])c1.Oc1ccccc1-c1nc2ccc3ccccc3c2s1.[Be+2].[Be+2].[Be+2].[O-]c1ccccc1-c1[nH+]c2ccc3cc4ccccc4cc3c2s1.[Zn]. The maximum absolute atomic E-state index is 12.4. The molecule has 4 heterocycles. The molecule has 0 saturated heterocycles. The van der Waals surface area contributed by atoms with Gasteiger partial charge in [-0.15, -0.1) is 11.3 Å². The third-order valence-corrected chi connectivity index (χ3v) is 20.3. The zero-order chi connectivity index (χ0) is 60.7. The van der Waals surface area contributed by atoms with Crippen molar-refractivity contribution in [3.63, 3.8) is 0 Å². The predicted molar refractivity (Wildman–Crippen MR) is 382 cm³/mol. The number of thiazole rings is 4. The van der Waals surface area contributed by atoms with Gasteiger partial charge in [-0.3, -0.25) is 0 Å². The molecule has 93 heavy (non-hydrogen) atoms. The first-order chi connectivity index (χ1) is 43.5. The fourth-order valence-corrected chi connectivity index (χ4v) is 15.7. The van der Waals surface area contributed by atoms with Crippen LogP contribution in [0.2, 0.25) is 0 Å². The van der Waals surface area contributed by atoms with Crippen molar-refractivity contribution in [3.05, 3.63) is 243 Å². The van der Waals surface area contributed by atoms with Crippen LogP contribution < -0.4 is 39.9 Å². The quantitative estimate of drug-likeness (QED) is 0.128. The Balaban J connectivity index is 0.000000134. The van der Waals surface area contributed by atoms with Gasteiger partial charge in [0.25, 0.3) is 15.0 Å². The molecule has 0 unspecified atom stereocenters. The van der Waals surface area contributed by atoms with Gasteiger partial charge in [0.2, 0.25) is 16.6 Å². The van der Waals surface area contributed by atoms with Crippen molar-refractivity contribution in [2.45, 2.75) is 0 Å². The number of aromatic hydroxyl groups is 1. The minimum Gasteiger partial charge on any atom is -0.872 e. The molecule has 18 heteroatoms. The summed E-state index contributed by atoms with van der Waals surface area (Å²) in [6.07, 6.45) is 0. The Labute approximate surface area is 575 Å². The fraction of sp³-hybridized carbons (Fsp3) is 0.0400. The molecule has 0 fully saturated rings. The van der Waals surface area contributed by atoms with Gasteiger partial charge in [0, 0.05) is 95.7 Å². The van der Waals surface area contributed by atoms with Crippen LogP contribution in [-0.2, 0) is 19.5 Å². The zero-order valence-electron chi connectivity index (χ0n) is 51.0. The Morgan fingerprint density at radius 1 is 0.387 bits per heavy atom. The fourth-order valence-electron chi connectivity index (χ4n) is 11.1.